The fourth-order valence-electron chi connectivity index (χ4n) is 3.24. The summed E-state index contributed by atoms with van der Waals surface area (Å²) in [5.74, 6) is -0.769. The highest BCUT2D eigenvalue weighted by atomic mass is 19.1. The van der Waals surface area contributed by atoms with Gasteiger partial charge in [-0.3, -0.25) is 9.78 Å². The molecule has 0 aliphatic heterocycles. The number of methoxy groups -OCH3 is 1. The predicted molar refractivity (Wildman–Crippen MR) is 133 cm³/mol. The van der Waals surface area contributed by atoms with Crippen LogP contribution in [0.1, 0.15) is 34.1 Å². The standard InChI is InChI=1S/C24H24FN9O3/c1-24(2,36)17-11-28-19(12-27-17)32-18-8-16(20(34-33-18)23(35)26-3)31-15-7-5-6-14(21(15)37-4)22-29-9-13(25)10-30-22/h5-12,36H,1-4H3,(H,26,35)(H2,28,31,32,33)/i3D3. The molecule has 0 saturated carbocycles. The van der Waals surface area contributed by atoms with Gasteiger partial charge in [0.1, 0.15) is 11.4 Å². The summed E-state index contributed by atoms with van der Waals surface area (Å²) in [6.45, 7) is 0.367. The zero-order valence-corrected chi connectivity index (χ0v) is 19.9. The topological polar surface area (TPSA) is 160 Å². The molecular formula is C24H24FN9O3. The van der Waals surface area contributed by atoms with Crippen molar-refractivity contribution < 1.29 is 23.1 Å². The van der Waals surface area contributed by atoms with Gasteiger partial charge < -0.3 is 25.8 Å². The molecule has 0 saturated heterocycles. The highest BCUT2D eigenvalue weighted by Crippen LogP contribution is 2.37. The first-order valence-corrected chi connectivity index (χ1v) is 10.8. The summed E-state index contributed by atoms with van der Waals surface area (Å²) in [5.41, 5.74) is -0.341. The molecule has 1 aromatic carbocycles. The van der Waals surface area contributed by atoms with E-state index in [1.807, 2.05) is 5.32 Å². The van der Waals surface area contributed by atoms with Crippen molar-refractivity contribution in [2.24, 2.45) is 0 Å². The van der Waals surface area contributed by atoms with Gasteiger partial charge in [-0.25, -0.2) is 19.3 Å². The Morgan fingerprint density at radius 3 is 2.46 bits per heavy atom. The number of benzene rings is 1. The van der Waals surface area contributed by atoms with Crippen LogP contribution in [0.5, 0.6) is 5.75 Å². The van der Waals surface area contributed by atoms with Gasteiger partial charge in [-0.2, -0.15) is 0 Å². The summed E-state index contributed by atoms with van der Waals surface area (Å²) in [5, 5.41) is 25.8. The van der Waals surface area contributed by atoms with Gasteiger partial charge in [-0.05, 0) is 26.0 Å². The number of ether oxygens (including phenoxy) is 1. The number of rotatable bonds is 8. The van der Waals surface area contributed by atoms with E-state index in [9.17, 15) is 14.3 Å². The number of hydrogen-bond donors (Lipinski definition) is 4. The van der Waals surface area contributed by atoms with Gasteiger partial charge in [0.05, 0.1) is 54.5 Å². The highest BCUT2D eigenvalue weighted by Gasteiger charge is 2.20. The van der Waals surface area contributed by atoms with Gasteiger partial charge in [0, 0.05) is 17.2 Å². The molecule has 3 heterocycles. The van der Waals surface area contributed by atoms with Crippen LogP contribution in [0.3, 0.4) is 0 Å². The molecule has 190 valence electrons. The van der Waals surface area contributed by atoms with Crippen LogP contribution < -0.4 is 20.7 Å². The fraction of sp³-hybridized carbons (Fsp3) is 0.208. The smallest absolute Gasteiger partial charge is 0.273 e. The number of aliphatic hydroxyl groups is 1. The molecule has 0 spiro atoms. The van der Waals surface area contributed by atoms with Crippen LogP contribution in [0.2, 0.25) is 0 Å². The Balaban J connectivity index is 1.72. The van der Waals surface area contributed by atoms with E-state index >= 15 is 0 Å². The summed E-state index contributed by atoms with van der Waals surface area (Å²) in [4.78, 5) is 29.1. The number of nitrogens with zero attached hydrogens (tertiary/aromatic N) is 6. The van der Waals surface area contributed by atoms with Crippen molar-refractivity contribution in [1.82, 2.24) is 35.5 Å². The third kappa shape index (κ3) is 5.73. The van der Waals surface area contributed by atoms with Crippen LogP contribution in [-0.2, 0) is 5.60 Å². The number of aromatic nitrogens is 6. The van der Waals surface area contributed by atoms with E-state index in [1.165, 1.54) is 25.6 Å². The molecule has 3 aromatic heterocycles. The molecule has 0 bridgehead atoms. The second-order valence-electron chi connectivity index (χ2n) is 8.15. The van der Waals surface area contributed by atoms with Crippen molar-refractivity contribution in [3.8, 4) is 17.1 Å². The van der Waals surface area contributed by atoms with E-state index in [-0.39, 0.29) is 34.6 Å². The molecule has 12 nitrogen and oxygen atoms in total. The van der Waals surface area contributed by atoms with Gasteiger partial charge in [0.15, 0.2) is 28.9 Å². The zero-order chi connectivity index (χ0) is 29.1. The van der Waals surface area contributed by atoms with Crippen LogP contribution >= 0.6 is 0 Å². The average Bonchev–Trinajstić information content (AvgIpc) is 2.88. The van der Waals surface area contributed by atoms with Gasteiger partial charge in [0.25, 0.3) is 5.91 Å². The molecule has 13 heteroatoms. The monoisotopic (exact) mass is 508 g/mol. The lowest BCUT2D eigenvalue weighted by Gasteiger charge is -2.17. The van der Waals surface area contributed by atoms with Gasteiger partial charge in [-0.1, -0.05) is 6.07 Å². The average molecular weight is 509 g/mol. The SMILES string of the molecule is [2H]C([2H])([2H])NC(=O)c1nnc(Nc2cnc(C(C)(C)O)cn2)cc1Nc1cccc(-c2ncc(F)cn2)c1OC. The summed E-state index contributed by atoms with van der Waals surface area (Å²) in [6, 6.07) is 6.36. The van der Waals surface area contributed by atoms with Gasteiger partial charge in [0.2, 0.25) is 0 Å². The molecule has 37 heavy (non-hydrogen) atoms. The Hall–Kier alpha value is -4.78. The van der Waals surface area contributed by atoms with E-state index in [0.717, 1.165) is 12.4 Å². The molecule has 4 N–H and O–H groups in total. The lowest BCUT2D eigenvalue weighted by atomic mass is 10.1. The van der Waals surface area contributed by atoms with Crippen molar-refractivity contribution in [3.05, 3.63) is 66.3 Å². The molecule has 4 aromatic rings. The van der Waals surface area contributed by atoms with E-state index in [4.69, 9.17) is 8.85 Å². The van der Waals surface area contributed by atoms with Crippen molar-refractivity contribution >= 4 is 28.9 Å². The Labute approximate surface area is 215 Å². The predicted octanol–water partition coefficient (Wildman–Crippen LogP) is 2.95. The molecule has 0 atom stereocenters. The molecule has 0 fully saturated rings. The largest absolute Gasteiger partial charge is 0.494 e. The minimum absolute atomic E-state index is 0.0656. The Kier molecular flexibility index (Phi) is 6.08. The minimum Gasteiger partial charge on any atom is -0.494 e. The highest BCUT2D eigenvalue weighted by molar-refractivity contribution is 5.99. The number of nitrogens with one attached hydrogen (secondary N) is 3. The minimum atomic E-state index is -2.78. The molecular weight excluding hydrogens is 481 g/mol. The molecule has 4 rings (SSSR count). The first kappa shape index (κ1) is 21.5. The first-order valence-electron chi connectivity index (χ1n) is 12.3. The van der Waals surface area contributed by atoms with Crippen LogP contribution in [0, 0.1) is 5.82 Å². The molecule has 0 unspecified atom stereocenters. The Morgan fingerprint density at radius 1 is 1.03 bits per heavy atom. The second-order valence-corrected chi connectivity index (χ2v) is 8.15. The van der Waals surface area contributed by atoms with Crippen LogP contribution in [0.4, 0.5) is 27.4 Å². The first-order chi connectivity index (χ1) is 18.8. The Morgan fingerprint density at radius 2 is 1.81 bits per heavy atom. The Bertz CT molecular complexity index is 1510. The summed E-state index contributed by atoms with van der Waals surface area (Å²) in [7, 11) is 1.41. The van der Waals surface area contributed by atoms with Gasteiger partial charge in [-0.15, -0.1) is 10.2 Å². The van der Waals surface area contributed by atoms with Crippen LogP contribution in [0.25, 0.3) is 11.4 Å². The summed E-state index contributed by atoms with van der Waals surface area (Å²) < 4.78 is 41.1. The number of carbonyl (C=O) groups excluding carboxylic acids is 1. The van der Waals surface area contributed by atoms with Crippen LogP contribution in [-0.4, -0.2) is 55.2 Å². The molecule has 0 radical (unpaired) electrons. The quantitative estimate of drug-likeness (QED) is 0.277. The van der Waals surface area contributed by atoms with E-state index in [1.54, 1.807) is 32.0 Å². The lowest BCUT2D eigenvalue weighted by molar-refractivity contribution is 0.0734. The normalized spacial score (nSPS) is 12.6. The number of hydrogen-bond acceptors (Lipinski definition) is 11. The maximum atomic E-state index is 13.4. The zero-order valence-electron chi connectivity index (χ0n) is 22.9. The van der Waals surface area contributed by atoms with Crippen LogP contribution in [0.15, 0.2) is 49.1 Å². The third-order valence-electron chi connectivity index (χ3n) is 5.01. The van der Waals surface area contributed by atoms with E-state index in [2.05, 4.69) is 40.8 Å². The maximum Gasteiger partial charge on any atom is 0.273 e. The second kappa shape index (κ2) is 10.5. The number of carbonyl (C=O) groups is 1. The van der Waals surface area contributed by atoms with E-state index < -0.39 is 24.3 Å². The van der Waals surface area contributed by atoms with Crippen molar-refractivity contribution in [2.75, 3.05) is 24.7 Å². The summed E-state index contributed by atoms with van der Waals surface area (Å²) >= 11 is 0. The number of anilines is 4. The lowest BCUT2D eigenvalue weighted by Crippen LogP contribution is -2.21. The molecule has 0 aliphatic carbocycles. The number of amides is 1. The molecule has 0 aliphatic rings. The van der Waals surface area contributed by atoms with E-state index in [0.29, 0.717) is 16.9 Å². The number of halogens is 1. The summed E-state index contributed by atoms with van der Waals surface area (Å²) in [6.07, 6.45) is 4.80. The molecule has 1 amide bonds. The third-order valence-corrected chi connectivity index (χ3v) is 5.01. The van der Waals surface area contributed by atoms with Gasteiger partial charge >= 0.3 is 0 Å². The van der Waals surface area contributed by atoms with Crippen molar-refractivity contribution in [1.29, 1.82) is 0 Å². The van der Waals surface area contributed by atoms with Crippen molar-refractivity contribution in [3.63, 3.8) is 0 Å². The van der Waals surface area contributed by atoms with Crippen molar-refractivity contribution in [2.45, 2.75) is 19.4 Å². The maximum absolute atomic E-state index is 13.4. The number of para-hydroxylation sites is 1. The fourth-order valence-corrected chi connectivity index (χ4v) is 3.24.